The van der Waals surface area contributed by atoms with E-state index in [4.69, 9.17) is 0 Å². The second kappa shape index (κ2) is 3.93. The number of carbonyl (C=O) groups is 1. The number of aldehydes is 1. The third-order valence-electron chi connectivity index (χ3n) is 3.79. The summed E-state index contributed by atoms with van der Waals surface area (Å²) in [6.07, 6.45) is 11.2. The van der Waals surface area contributed by atoms with Gasteiger partial charge in [-0.25, -0.2) is 0 Å². The Morgan fingerprint density at radius 1 is 1.50 bits per heavy atom. The highest BCUT2D eigenvalue weighted by molar-refractivity contribution is 5.65. The topological polar surface area (TPSA) is 20.3 Å². The molecular formula is C14H19NO. The highest BCUT2D eigenvalue weighted by Crippen LogP contribution is 2.47. The first-order valence-corrected chi connectivity index (χ1v) is 5.84. The minimum atomic E-state index is 0.0977. The van der Waals surface area contributed by atoms with Crippen LogP contribution < -0.4 is 0 Å². The van der Waals surface area contributed by atoms with Crippen LogP contribution in [0.2, 0.25) is 0 Å². The van der Waals surface area contributed by atoms with Crippen LogP contribution in [0.25, 0.3) is 0 Å². The Kier molecular flexibility index (Phi) is 2.75. The van der Waals surface area contributed by atoms with Gasteiger partial charge in [-0.2, -0.15) is 0 Å². The number of hydrogen-bond acceptors (Lipinski definition) is 2. The molecule has 0 fully saturated rings. The molecule has 1 heterocycles. The van der Waals surface area contributed by atoms with Gasteiger partial charge in [0.1, 0.15) is 6.29 Å². The Bertz CT molecular complexity index is 388. The summed E-state index contributed by atoms with van der Waals surface area (Å²) in [6, 6.07) is 0.297. The first-order chi connectivity index (χ1) is 7.59. The molecule has 2 heteroatoms. The number of allylic oxidation sites excluding steroid dienone is 4. The quantitative estimate of drug-likeness (QED) is 0.523. The van der Waals surface area contributed by atoms with Gasteiger partial charge in [0.05, 0.1) is 6.04 Å². The maximum atomic E-state index is 10.5. The van der Waals surface area contributed by atoms with Crippen molar-refractivity contribution in [2.45, 2.75) is 32.7 Å². The minimum absolute atomic E-state index is 0.0977. The van der Waals surface area contributed by atoms with Crippen molar-refractivity contribution >= 4 is 6.29 Å². The SMILES string of the molecule is CN1C2=C(C=CCC2)C(C)(C)C1/C=C/C=O. The molecule has 0 aromatic carbocycles. The molecule has 16 heavy (non-hydrogen) atoms. The summed E-state index contributed by atoms with van der Waals surface area (Å²) in [5.74, 6) is 0. The third-order valence-corrected chi connectivity index (χ3v) is 3.79. The van der Waals surface area contributed by atoms with Crippen molar-refractivity contribution in [3.8, 4) is 0 Å². The van der Waals surface area contributed by atoms with E-state index >= 15 is 0 Å². The second-order valence-electron chi connectivity index (χ2n) is 5.10. The molecule has 0 spiro atoms. The molecule has 1 aliphatic heterocycles. The van der Waals surface area contributed by atoms with Gasteiger partial charge in [0.25, 0.3) is 0 Å². The number of likely N-dealkylation sites (N-methyl/N-ethyl adjacent to an activating group) is 1. The Labute approximate surface area is 97.3 Å². The van der Waals surface area contributed by atoms with Crippen molar-refractivity contribution < 1.29 is 4.79 Å². The normalized spacial score (nSPS) is 27.7. The summed E-state index contributed by atoms with van der Waals surface area (Å²) in [7, 11) is 2.13. The van der Waals surface area contributed by atoms with Crippen molar-refractivity contribution in [3.63, 3.8) is 0 Å². The fraction of sp³-hybridized carbons (Fsp3) is 0.500. The van der Waals surface area contributed by atoms with Crippen molar-refractivity contribution in [3.05, 3.63) is 35.6 Å². The summed E-state index contributed by atoms with van der Waals surface area (Å²) in [6.45, 7) is 4.50. The fourth-order valence-corrected chi connectivity index (χ4v) is 2.94. The monoisotopic (exact) mass is 217 g/mol. The Morgan fingerprint density at radius 3 is 2.88 bits per heavy atom. The van der Waals surface area contributed by atoms with Crippen LogP contribution >= 0.6 is 0 Å². The molecule has 1 unspecified atom stereocenters. The lowest BCUT2D eigenvalue weighted by Gasteiger charge is -2.31. The lowest BCUT2D eigenvalue weighted by molar-refractivity contribution is -0.104. The molecule has 1 atom stereocenters. The van der Waals surface area contributed by atoms with Crippen LogP contribution in [0.15, 0.2) is 35.6 Å². The van der Waals surface area contributed by atoms with E-state index in [1.165, 1.54) is 11.3 Å². The standard InChI is InChI=1S/C14H19NO/c1-14(2)11-7-4-5-8-12(11)15(3)13(14)9-6-10-16/h4,6-7,9-10,13H,5,8H2,1-3H3/b9-6+. The molecule has 0 saturated heterocycles. The Balaban J connectivity index is 2.37. The van der Waals surface area contributed by atoms with E-state index in [0.29, 0.717) is 6.04 Å². The summed E-state index contributed by atoms with van der Waals surface area (Å²) >= 11 is 0. The van der Waals surface area contributed by atoms with Gasteiger partial charge in [0.2, 0.25) is 0 Å². The first kappa shape index (κ1) is 11.2. The lowest BCUT2D eigenvalue weighted by Crippen LogP contribution is -2.34. The van der Waals surface area contributed by atoms with E-state index in [9.17, 15) is 4.79 Å². The van der Waals surface area contributed by atoms with Gasteiger partial charge in [-0.3, -0.25) is 4.79 Å². The minimum Gasteiger partial charge on any atom is -0.370 e. The molecule has 0 saturated carbocycles. The zero-order valence-corrected chi connectivity index (χ0v) is 10.2. The molecule has 2 nitrogen and oxygen atoms in total. The van der Waals surface area contributed by atoms with Crippen LogP contribution in [0.1, 0.15) is 26.7 Å². The van der Waals surface area contributed by atoms with Gasteiger partial charge in [-0.15, -0.1) is 0 Å². The fourth-order valence-electron chi connectivity index (χ4n) is 2.94. The Hall–Kier alpha value is -1.31. The van der Waals surface area contributed by atoms with Crippen molar-refractivity contribution in [1.82, 2.24) is 4.90 Å². The molecule has 1 aliphatic carbocycles. The molecule has 86 valence electrons. The number of carbonyl (C=O) groups excluding carboxylic acids is 1. The predicted octanol–water partition coefficient (Wildman–Crippen LogP) is 2.69. The zero-order valence-electron chi connectivity index (χ0n) is 10.2. The summed E-state index contributed by atoms with van der Waals surface area (Å²) in [5.41, 5.74) is 2.97. The molecule has 2 aliphatic rings. The van der Waals surface area contributed by atoms with Gasteiger partial charge in [-0.05, 0) is 24.5 Å². The van der Waals surface area contributed by atoms with Crippen LogP contribution in [0.5, 0.6) is 0 Å². The van der Waals surface area contributed by atoms with Crippen LogP contribution in [0.3, 0.4) is 0 Å². The van der Waals surface area contributed by atoms with Crippen LogP contribution in [0.4, 0.5) is 0 Å². The van der Waals surface area contributed by atoms with Gasteiger partial charge >= 0.3 is 0 Å². The van der Waals surface area contributed by atoms with E-state index < -0.39 is 0 Å². The molecule has 0 N–H and O–H groups in total. The van der Waals surface area contributed by atoms with Crippen molar-refractivity contribution in [2.24, 2.45) is 5.41 Å². The lowest BCUT2D eigenvalue weighted by atomic mass is 9.78. The van der Waals surface area contributed by atoms with E-state index in [1.807, 2.05) is 6.08 Å². The first-order valence-electron chi connectivity index (χ1n) is 5.84. The average molecular weight is 217 g/mol. The number of hydrogen-bond donors (Lipinski definition) is 0. The maximum absolute atomic E-state index is 10.5. The summed E-state index contributed by atoms with van der Waals surface area (Å²) < 4.78 is 0. The third kappa shape index (κ3) is 1.53. The molecule has 0 amide bonds. The van der Waals surface area contributed by atoms with E-state index in [0.717, 1.165) is 19.1 Å². The van der Waals surface area contributed by atoms with E-state index in [-0.39, 0.29) is 5.41 Å². The average Bonchev–Trinajstić information content (AvgIpc) is 2.46. The van der Waals surface area contributed by atoms with Crippen LogP contribution in [-0.2, 0) is 4.79 Å². The summed E-state index contributed by atoms with van der Waals surface area (Å²) in [5, 5.41) is 0. The van der Waals surface area contributed by atoms with E-state index in [2.05, 4.69) is 37.9 Å². The largest absolute Gasteiger partial charge is 0.370 e. The molecule has 0 aromatic heterocycles. The van der Waals surface area contributed by atoms with Gasteiger partial charge in [-0.1, -0.05) is 32.1 Å². The van der Waals surface area contributed by atoms with E-state index in [1.54, 1.807) is 6.08 Å². The van der Waals surface area contributed by atoms with Crippen molar-refractivity contribution in [2.75, 3.05) is 7.05 Å². The molecule has 0 radical (unpaired) electrons. The number of rotatable bonds is 2. The van der Waals surface area contributed by atoms with Gasteiger partial charge in [0.15, 0.2) is 0 Å². The second-order valence-corrected chi connectivity index (χ2v) is 5.10. The Morgan fingerprint density at radius 2 is 2.25 bits per heavy atom. The smallest absolute Gasteiger partial charge is 0.142 e. The molecule has 2 rings (SSSR count). The van der Waals surface area contributed by atoms with Gasteiger partial charge in [0, 0.05) is 18.2 Å². The van der Waals surface area contributed by atoms with Crippen LogP contribution in [-0.4, -0.2) is 24.3 Å². The van der Waals surface area contributed by atoms with Gasteiger partial charge < -0.3 is 4.90 Å². The molecule has 0 bridgehead atoms. The molecular weight excluding hydrogens is 198 g/mol. The summed E-state index contributed by atoms with van der Waals surface area (Å²) in [4.78, 5) is 12.8. The van der Waals surface area contributed by atoms with Crippen LogP contribution in [0, 0.1) is 5.41 Å². The highest BCUT2D eigenvalue weighted by atomic mass is 16.1. The number of nitrogens with zero attached hydrogens (tertiary/aromatic N) is 1. The predicted molar refractivity (Wildman–Crippen MR) is 65.9 cm³/mol. The van der Waals surface area contributed by atoms with Crippen molar-refractivity contribution in [1.29, 1.82) is 0 Å². The zero-order chi connectivity index (χ0) is 11.8. The maximum Gasteiger partial charge on any atom is 0.142 e. The highest BCUT2D eigenvalue weighted by Gasteiger charge is 2.42. The molecule has 0 aromatic rings.